The second kappa shape index (κ2) is 7.56. The molecule has 2 rings (SSSR count). The van der Waals surface area contributed by atoms with E-state index in [2.05, 4.69) is 22.5 Å². The van der Waals surface area contributed by atoms with Crippen molar-refractivity contribution in [3.63, 3.8) is 0 Å². The van der Waals surface area contributed by atoms with E-state index < -0.39 is 0 Å². The van der Waals surface area contributed by atoms with E-state index in [9.17, 15) is 4.79 Å². The molecular weight excluding hydrogens is 252 g/mol. The summed E-state index contributed by atoms with van der Waals surface area (Å²) >= 11 is 0. The third-order valence-corrected chi connectivity index (χ3v) is 3.42. The predicted molar refractivity (Wildman–Crippen MR) is 79.4 cm³/mol. The van der Waals surface area contributed by atoms with Gasteiger partial charge in [-0.1, -0.05) is 43.2 Å². The fourth-order valence-electron chi connectivity index (χ4n) is 2.43. The molecule has 0 aliphatic heterocycles. The first kappa shape index (κ1) is 14.4. The van der Waals surface area contributed by atoms with Gasteiger partial charge in [0.2, 0.25) is 0 Å². The average Bonchev–Trinajstić information content (AvgIpc) is 2.47. The van der Waals surface area contributed by atoms with Crippen LogP contribution in [0.2, 0.25) is 0 Å². The fraction of sp³-hybridized carbons (Fsp3) is 0.438. The number of benzene rings is 1. The minimum absolute atomic E-state index is 0.185. The van der Waals surface area contributed by atoms with E-state index >= 15 is 0 Å². The van der Waals surface area contributed by atoms with Gasteiger partial charge in [0, 0.05) is 11.6 Å². The van der Waals surface area contributed by atoms with E-state index in [4.69, 9.17) is 5.11 Å². The molecule has 106 valence electrons. The number of aliphatic hydroxyl groups is 1. The summed E-state index contributed by atoms with van der Waals surface area (Å²) in [6, 6.07) is 7.42. The predicted octanol–water partition coefficient (Wildman–Crippen LogP) is 2.48. The Morgan fingerprint density at radius 3 is 2.75 bits per heavy atom. The molecule has 1 fully saturated rings. The van der Waals surface area contributed by atoms with E-state index in [-0.39, 0.29) is 18.7 Å². The second-order valence-electron chi connectivity index (χ2n) is 4.94. The van der Waals surface area contributed by atoms with Gasteiger partial charge in [0.15, 0.2) is 0 Å². The highest BCUT2D eigenvalue weighted by atomic mass is 16.2. The number of nitrogens with one attached hydrogen (secondary N) is 2. The van der Waals surface area contributed by atoms with Crippen LogP contribution in [0.3, 0.4) is 0 Å². The topological polar surface area (TPSA) is 61.4 Å². The lowest BCUT2D eigenvalue weighted by Crippen LogP contribution is -2.39. The highest BCUT2D eigenvalue weighted by Gasteiger charge is 2.15. The lowest BCUT2D eigenvalue weighted by atomic mass is 9.96. The van der Waals surface area contributed by atoms with Gasteiger partial charge in [0.25, 0.3) is 0 Å². The summed E-state index contributed by atoms with van der Waals surface area (Å²) in [7, 11) is 0. The number of para-hydroxylation sites is 1. The minimum Gasteiger partial charge on any atom is -0.384 e. The van der Waals surface area contributed by atoms with Crippen LogP contribution >= 0.6 is 0 Å². The summed E-state index contributed by atoms with van der Waals surface area (Å²) in [4.78, 5) is 12.0. The maximum absolute atomic E-state index is 12.0. The number of hydrogen-bond acceptors (Lipinski definition) is 2. The normalized spacial score (nSPS) is 15.1. The Morgan fingerprint density at radius 1 is 1.25 bits per heavy atom. The molecule has 1 aliphatic rings. The van der Waals surface area contributed by atoms with Crippen molar-refractivity contribution in [1.29, 1.82) is 0 Å². The summed E-state index contributed by atoms with van der Waals surface area (Å²) in [5, 5.41) is 14.6. The molecular formula is C16H20N2O2. The van der Waals surface area contributed by atoms with Crippen molar-refractivity contribution in [2.45, 2.75) is 38.1 Å². The molecule has 1 saturated carbocycles. The minimum atomic E-state index is -0.192. The van der Waals surface area contributed by atoms with Gasteiger partial charge in [-0.25, -0.2) is 4.79 Å². The Kier molecular flexibility index (Phi) is 5.45. The monoisotopic (exact) mass is 272 g/mol. The Morgan fingerprint density at radius 2 is 2.00 bits per heavy atom. The third-order valence-electron chi connectivity index (χ3n) is 3.42. The van der Waals surface area contributed by atoms with Crippen molar-refractivity contribution in [2.75, 3.05) is 11.9 Å². The highest BCUT2D eigenvalue weighted by Crippen LogP contribution is 2.18. The SMILES string of the molecule is O=C(Nc1ccccc1C#CCO)NC1CCCCC1. The first-order chi connectivity index (χ1) is 9.79. The largest absolute Gasteiger partial charge is 0.384 e. The zero-order valence-corrected chi connectivity index (χ0v) is 11.5. The number of carbonyl (C=O) groups excluding carboxylic acids is 1. The molecule has 3 N–H and O–H groups in total. The molecule has 2 amide bonds. The van der Waals surface area contributed by atoms with Gasteiger partial charge in [-0.2, -0.15) is 0 Å². The summed E-state index contributed by atoms with van der Waals surface area (Å²) in [5.74, 6) is 5.42. The van der Waals surface area contributed by atoms with Crippen LogP contribution in [0.15, 0.2) is 24.3 Å². The highest BCUT2D eigenvalue weighted by molar-refractivity contribution is 5.91. The molecule has 0 bridgehead atoms. The van der Waals surface area contributed by atoms with Gasteiger partial charge in [-0.15, -0.1) is 0 Å². The van der Waals surface area contributed by atoms with E-state index in [1.807, 2.05) is 24.3 Å². The summed E-state index contributed by atoms with van der Waals surface area (Å²) in [5.41, 5.74) is 1.38. The van der Waals surface area contributed by atoms with Crippen molar-refractivity contribution in [3.05, 3.63) is 29.8 Å². The molecule has 1 aliphatic carbocycles. The van der Waals surface area contributed by atoms with E-state index in [0.717, 1.165) is 12.8 Å². The van der Waals surface area contributed by atoms with Crippen LogP contribution in [0.1, 0.15) is 37.7 Å². The number of hydrogen-bond donors (Lipinski definition) is 3. The van der Waals surface area contributed by atoms with E-state index in [1.54, 1.807) is 0 Å². The zero-order valence-electron chi connectivity index (χ0n) is 11.5. The van der Waals surface area contributed by atoms with Gasteiger partial charge in [-0.05, 0) is 25.0 Å². The number of rotatable bonds is 2. The van der Waals surface area contributed by atoms with Crippen LogP contribution in [0.4, 0.5) is 10.5 Å². The van der Waals surface area contributed by atoms with E-state index in [1.165, 1.54) is 19.3 Å². The van der Waals surface area contributed by atoms with E-state index in [0.29, 0.717) is 11.3 Å². The van der Waals surface area contributed by atoms with Gasteiger partial charge < -0.3 is 15.7 Å². The van der Waals surface area contributed by atoms with Gasteiger partial charge in [0.1, 0.15) is 6.61 Å². The smallest absolute Gasteiger partial charge is 0.319 e. The van der Waals surface area contributed by atoms with Crippen molar-refractivity contribution in [2.24, 2.45) is 0 Å². The van der Waals surface area contributed by atoms with Crippen LogP contribution < -0.4 is 10.6 Å². The quantitative estimate of drug-likeness (QED) is 0.724. The van der Waals surface area contributed by atoms with Gasteiger partial charge >= 0.3 is 6.03 Å². The molecule has 4 nitrogen and oxygen atoms in total. The van der Waals surface area contributed by atoms with Crippen LogP contribution in [0.25, 0.3) is 0 Å². The van der Waals surface area contributed by atoms with Crippen molar-refractivity contribution in [1.82, 2.24) is 5.32 Å². The molecule has 0 unspecified atom stereocenters. The molecule has 1 aromatic carbocycles. The average molecular weight is 272 g/mol. The molecule has 0 atom stereocenters. The molecule has 0 radical (unpaired) electrons. The van der Waals surface area contributed by atoms with Crippen LogP contribution in [0.5, 0.6) is 0 Å². The number of anilines is 1. The molecule has 0 heterocycles. The van der Waals surface area contributed by atoms with Crippen LogP contribution in [0, 0.1) is 11.8 Å². The first-order valence-corrected chi connectivity index (χ1v) is 7.06. The lowest BCUT2D eigenvalue weighted by Gasteiger charge is -2.23. The van der Waals surface area contributed by atoms with Crippen molar-refractivity contribution in [3.8, 4) is 11.8 Å². The number of amides is 2. The Hall–Kier alpha value is -1.99. The molecule has 1 aromatic rings. The first-order valence-electron chi connectivity index (χ1n) is 7.06. The van der Waals surface area contributed by atoms with Gasteiger partial charge in [-0.3, -0.25) is 0 Å². The Balaban J connectivity index is 1.96. The van der Waals surface area contributed by atoms with Crippen molar-refractivity contribution < 1.29 is 9.90 Å². The van der Waals surface area contributed by atoms with Crippen molar-refractivity contribution >= 4 is 11.7 Å². The maximum atomic E-state index is 12.0. The summed E-state index contributed by atoms with van der Waals surface area (Å²) in [6.45, 7) is -0.192. The number of urea groups is 1. The standard InChI is InChI=1S/C16H20N2O2/c19-12-6-8-13-7-4-5-11-15(13)18-16(20)17-14-9-2-1-3-10-14/h4-5,7,11,14,19H,1-3,9-10,12H2,(H2,17,18,20). The number of carbonyl (C=O) groups is 1. The Bertz CT molecular complexity index is 511. The molecule has 0 spiro atoms. The molecule has 0 aromatic heterocycles. The molecule has 20 heavy (non-hydrogen) atoms. The lowest BCUT2D eigenvalue weighted by molar-refractivity contribution is 0.244. The van der Waals surface area contributed by atoms with Crippen LogP contribution in [-0.2, 0) is 0 Å². The number of aliphatic hydroxyl groups excluding tert-OH is 1. The van der Waals surface area contributed by atoms with Crippen LogP contribution in [-0.4, -0.2) is 23.8 Å². The third kappa shape index (κ3) is 4.29. The van der Waals surface area contributed by atoms with Gasteiger partial charge in [0.05, 0.1) is 5.69 Å². The Labute approximate surface area is 119 Å². The zero-order chi connectivity index (χ0) is 14.2. The summed E-state index contributed by atoms with van der Waals surface area (Å²) in [6.07, 6.45) is 5.74. The fourth-order valence-corrected chi connectivity index (χ4v) is 2.43. The molecule has 4 heteroatoms. The summed E-state index contributed by atoms with van der Waals surface area (Å²) < 4.78 is 0. The maximum Gasteiger partial charge on any atom is 0.319 e. The second-order valence-corrected chi connectivity index (χ2v) is 4.94. The molecule has 0 saturated heterocycles.